The van der Waals surface area contributed by atoms with Crippen molar-refractivity contribution in [3.8, 4) is 0 Å². The number of amides is 2. The molecule has 2 fully saturated rings. The van der Waals surface area contributed by atoms with Crippen LogP contribution in [0.4, 0.5) is 0 Å². The highest BCUT2D eigenvalue weighted by Crippen LogP contribution is 2.38. The zero-order chi connectivity index (χ0) is 12.5. The molecule has 0 N–H and O–H groups in total. The van der Waals surface area contributed by atoms with E-state index in [1.807, 2.05) is 16.5 Å². The first-order valence-electron chi connectivity index (χ1n) is 6.32. The quantitative estimate of drug-likeness (QED) is 0.422. The maximum absolute atomic E-state index is 12.2. The van der Waals surface area contributed by atoms with Crippen molar-refractivity contribution in [2.24, 2.45) is 11.8 Å². The van der Waals surface area contributed by atoms with Gasteiger partial charge in [0.15, 0.2) is 0 Å². The molecule has 0 spiro atoms. The average Bonchev–Trinajstić information content (AvgIpc) is 2.66. The van der Waals surface area contributed by atoms with Gasteiger partial charge in [-0.25, -0.2) is 8.61 Å². The monoisotopic (exact) mass is 268 g/mol. The number of hydrogen-bond acceptors (Lipinski definition) is 5. The predicted molar refractivity (Wildman–Crippen MR) is 67.2 cm³/mol. The summed E-state index contributed by atoms with van der Waals surface area (Å²) >= 11 is 1.26. The van der Waals surface area contributed by atoms with Crippen LogP contribution in [-0.4, -0.2) is 46.7 Å². The van der Waals surface area contributed by atoms with Crippen LogP contribution in [0.15, 0.2) is 12.2 Å². The third-order valence-corrected chi connectivity index (χ3v) is 4.71. The van der Waals surface area contributed by atoms with Crippen LogP contribution < -0.4 is 0 Å². The first-order valence-corrected chi connectivity index (χ1v) is 7.05. The first-order chi connectivity index (χ1) is 8.77. The number of rotatable bonds is 2. The van der Waals surface area contributed by atoms with Gasteiger partial charge in [-0.15, -0.1) is 0 Å². The largest absolute Gasteiger partial charge is 0.379 e. The van der Waals surface area contributed by atoms with E-state index in [4.69, 9.17) is 4.74 Å². The molecular formula is C12H16N2O3S. The molecule has 98 valence electrons. The van der Waals surface area contributed by atoms with Gasteiger partial charge in [0.2, 0.25) is 11.8 Å². The average molecular weight is 268 g/mol. The summed E-state index contributed by atoms with van der Waals surface area (Å²) in [5.41, 5.74) is 0. The number of ether oxygens (including phenoxy) is 1. The van der Waals surface area contributed by atoms with Crippen molar-refractivity contribution in [1.29, 1.82) is 0 Å². The molecule has 6 heteroatoms. The molecule has 2 saturated heterocycles. The van der Waals surface area contributed by atoms with E-state index < -0.39 is 0 Å². The third kappa shape index (κ3) is 2.08. The number of fused-ring (bicyclic) bond motifs is 1. The van der Waals surface area contributed by atoms with Gasteiger partial charge < -0.3 is 4.74 Å². The van der Waals surface area contributed by atoms with Crippen molar-refractivity contribution in [2.75, 3.05) is 26.3 Å². The Morgan fingerprint density at radius 3 is 2.72 bits per heavy atom. The Balaban J connectivity index is 1.70. The lowest BCUT2D eigenvalue weighted by Gasteiger charge is -2.27. The summed E-state index contributed by atoms with van der Waals surface area (Å²) in [4.78, 5) is 24.4. The number of allylic oxidation sites excluding steroid dienone is 1. The molecule has 1 aliphatic carbocycles. The first kappa shape index (κ1) is 12.2. The molecule has 0 saturated carbocycles. The Hall–Kier alpha value is -0.850. The normalized spacial score (nSPS) is 33.0. The third-order valence-electron chi connectivity index (χ3n) is 3.59. The Morgan fingerprint density at radius 1 is 1.22 bits per heavy atom. The van der Waals surface area contributed by atoms with E-state index in [0.717, 1.165) is 25.9 Å². The summed E-state index contributed by atoms with van der Waals surface area (Å²) in [6.45, 7) is 2.84. The number of imide groups is 1. The van der Waals surface area contributed by atoms with Crippen molar-refractivity contribution >= 4 is 23.9 Å². The lowest BCUT2D eigenvalue weighted by Crippen LogP contribution is -2.36. The summed E-state index contributed by atoms with van der Waals surface area (Å²) in [5, 5.41) is 0. The van der Waals surface area contributed by atoms with Crippen LogP contribution in [0.25, 0.3) is 0 Å². The molecule has 3 rings (SSSR count). The molecule has 2 atom stereocenters. The molecule has 2 amide bonds. The fourth-order valence-electron chi connectivity index (χ4n) is 2.58. The number of carbonyl (C=O) groups is 2. The van der Waals surface area contributed by atoms with Crippen LogP contribution in [0.1, 0.15) is 12.8 Å². The van der Waals surface area contributed by atoms with E-state index in [9.17, 15) is 9.59 Å². The predicted octanol–water partition coefficient (Wildman–Crippen LogP) is 0.833. The fraction of sp³-hybridized carbons (Fsp3) is 0.667. The van der Waals surface area contributed by atoms with Crippen LogP contribution >= 0.6 is 12.1 Å². The van der Waals surface area contributed by atoms with Crippen LogP contribution in [0.5, 0.6) is 0 Å². The van der Waals surface area contributed by atoms with Gasteiger partial charge >= 0.3 is 0 Å². The topological polar surface area (TPSA) is 49.9 Å². The van der Waals surface area contributed by atoms with Crippen LogP contribution in [0.2, 0.25) is 0 Å². The van der Waals surface area contributed by atoms with Crippen molar-refractivity contribution in [2.45, 2.75) is 12.8 Å². The summed E-state index contributed by atoms with van der Waals surface area (Å²) in [7, 11) is 0. The minimum atomic E-state index is -0.222. The van der Waals surface area contributed by atoms with Crippen LogP contribution in [0, 0.1) is 11.8 Å². The van der Waals surface area contributed by atoms with E-state index in [1.165, 1.54) is 16.4 Å². The lowest BCUT2D eigenvalue weighted by molar-refractivity contribution is -0.133. The molecule has 0 aromatic carbocycles. The molecule has 0 bridgehead atoms. The lowest BCUT2D eigenvalue weighted by atomic mass is 9.86. The summed E-state index contributed by atoms with van der Waals surface area (Å²) < 4.78 is 8.64. The van der Waals surface area contributed by atoms with E-state index in [0.29, 0.717) is 13.2 Å². The molecule has 18 heavy (non-hydrogen) atoms. The maximum Gasteiger partial charge on any atom is 0.248 e. The van der Waals surface area contributed by atoms with Gasteiger partial charge in [0.1, 0.15) is 0 Å². The van der Waals surface area contributed by atoms with Crippen molar-refractivity contribution in [3.05, 3.63) is 12.2 Å². The van der Waals surface area contributed by atoms with Gasteiger partial charge in [0, 0.05) is 13.1 Å². The summed E-state index contributed by atoms with van der Waals surface area (Å²) in [6.07, 6.45) is 5.60. The molecule has 2 aliphatic heterocycles. The summed E-state index contributed by atoms with van der Waals surface area (Å²) in [6, 6.07) is 0. The summed E-state index contributed by atoms with van der Waals surface area (Å²) in [5.74, 6) is -0.431. The molecule has 5 nitrogen and oxygen atoms in total. The minimum Gasteiger partial charge on any atom is -0.379 e. The van der Waals surface area contributed by atoms with Crippen molar-refractivity contribution in [1.82, 2.24) is 8.61 Å². The zero-order valence-electron chi connectivity index (χ0n) is 10.1. The van der Waals surface area contributed by atoms with Crippen molar-refractivity contribution < 1.29 is 14.3 Å². The van der Waals surface area contributed by atoms with E-state index in [-0.39, 0.29) is 23.7 Å². The molecule has 2 heterocycles. The van der Waals surface area contributed by atoms with Crippen LogP contribution in [-0.2, 0) is 14.3 Å². The van der Waals surface area contributed by atoms with Gasteiger partial charge in [0.25, 0.3) is 0 Å². The second-order valence-electron chi connectivity index (χ2n) is 4.73. The van der Waals surface area contributed by atoms with Crippen molar-refractivity contribution in [3.63, 3.8) is 0 Å². The Labute approximate surface area is 110 Å². The minimum absolute atomic E-state index is 0.0224. The smallest absolute Gasteiger partial charge is 0.248 e. The van der Waals surface area contributed by atoms with Crippen LogP contribution in [0.3, 0.4) is 0 Å². The molecule has 2 unspecified atom stereocenters. The highest BCUT2D eigenvalue weighted by Gasteiger charge is 2.48. The zero-order valence-corrected chi connectivity index (χ0v) is 10.9. The number of hydrogen-bond donors (Lipinski definition) is 0. The standard InChI is InChI=1S/C12H16N2O3S/c15-11-9-3-1-2-4-10(9)12(16)14(11)18-13-5-7-17-8-6-13/h1,3,9-10H,2,4-8H2. The number of morpholine rings is 1. The SMILES string of the molecule is O=C1C2C=CCCC2C(=O)N1SN1CCOCC1. The molecular weight excluding hydrogens is 252 g/mol. The second kappa shape index (κ2) is 5.03. The fourth-order valence-corrected chi connectivity index (χ4v) is 3.54. The molecule has 3 aliphatic rings. The number of carbonyl (C=O) groups excluding carboxylic acids is 2. The Morgan fingerprint density at radius 2 is 2.00 bits per heavy atom. The second-order valence-corrected chi connectivity index (χ2v) is 5.78. The van der Waals surface area contributed by atoms with Gasteiger partial charge in [0.05, 0.1) is 37.2 Å². The molecule has 0 aromatic heterocycles. The Bertz CT molecular complexity index is 393. The maximum atomic E-state index is 12.2. The van der Waals surface area contributed by atoms with Gasteiger partial charge in [-0.3, -0.25) is 9.59 Å². The molecule has 0 aromatic rings. The van der Waals surface area contributed by atoms with Gasteiger partial charge in [-0.1, -0.05) is 12.2 Å². The van der Waals surface area contributed by atoms with Gasteiger partial charge in [-0.2, -0.15) is 0 Å². The van der Waals surface area contributed by atoms with E-state index in [1.54, 1.807) is 0 Å². The number of nitrogens with zero attached hydrogens (tertiary/aromatic N) is 2. The highest BCUT2D eigenvalue weighted by molar-refractivity contribution is 7.95. The van der Waals surface area contributed by atoms with Gasteiger partial charge in [-0.05, 0) is 12.8 Å². The van der Waals surface area contributed by atoms with E-state index >= 15 is 0 Å². The highest BCUT2D eigenvalue weighted by atomic mass is 32.2. The van der Waals surface area contributed by atoms with E-state index in [2.05, 4.69) is 0 Å². The Kier molecular flexibility index (Phi) is 3.41. The molecule has 0 radical (unpaired) electrons.